The van der Waals surface area contributed by atoms with E-state index in [1.807, 2.05) is 0 Å². The maximum Gasteiger partial charge on any atom is 0.433 e. The Bertz CT molecular complexity index is 1700. The number of hydrogen-bond acceptors (Lipinski definition) is 5. The largest absolute Gasteiger partial charge is 0.497 e. The number of methoxy groups -OCH3 is 1. The highest BCUT2D eigenvalue weighted by Gasteiger charge is 2.39. The summed E-state index contributed by atoms with van der Waals surface area (Å²) in [5.41, 5.74) is -1.50. The molecule has 0 aliphatic carbocycles. The second-order valence-corrected chi connectivity index (χ2v) is 9.94. The summed E-state index contributed by atoms with van der Waals surface area (Å²) in [4.78, 5) is 21.2. The average Bonchev–Trinajstić information content (AvgIpc) is 3.36. The fourth-order valence-corrected chi connectivity index (χ4v) is 5.18. The molecule has 3 heterocycles. The predicted octanol–water partition coefficient (Wildman–Crippen LogP) is 5.97. The summed E-state index contributed by atoms with van der Waals surface area (Å²) in [6, 6.07) is 7.07. The molecule has 1 atom stereocenters. The van der Waals surface area contributed by atoms with Crippen LogP contribution in [0.1, 0.15) is 34.1 Å². The number of fused-ring (bicyclic) bond motifs is 1. The number of carbonyl (C=O) groups is 1. The molecule has 7 nitrogen and oxygen atoms in total. The Hall–Kier alpha value is -4.55. The molecule has 4 aromatic rings. The van der Waals surface area contributed by atoms with Crippen LogP contribution < -0.4 is 4.74 Å². The molecule has 1 saturated heterocycles. The van der Waals surface area contributed by atoms with Crippen LogP contribution in [0.25, 0.3) is 22.6 Å². The van der Waals surface area contributed by atoms with Crippen molar-refractivity contribution in [1.82, 2.24) is 24.4 Å². The molecule has 1 amide bonds. The maximum absolute atomic E-state index is 14.4. The van der Waals surface area contributed by atoms with Crippen LogP contribution in [0.3, 0.4) is 0 Å². The molecule has 0 bridgehead atoms. The van der Waals surface area contributed by atoms with Gasteiger partial charge in [0.05, 0.1) is 19.0 Å². The number of rotatable bonds is 5. The Labute approximate surface area is 236 Å². The number of alkyl halides is 3. The van der Waals surface area contributed by atoms with Gasteiger partial charge in [-0.3, -0.25) is 4.79 Å². The van der Waals surface area contributed by atoms with Gasteiger partial charge in [-0.1, -0.05) is 6.58 Å². The van der Waals surface area contributed by atoms with Crippen LogP contribution in [0.15, 0.2) is 49.2 Å². The van der Waals surface area contributed by atoms with E-state index in [9.17, 15) is 31.1 Å². The van der Waals surface area contributed by atoms with Gasteiger partial charge >= 0.3 is 6.18 Å². The van der Waals surface area contributed by atoms with Gasteiger partial charge in [0.25, 0.3) is 5.91 Å². The normalized spacial score (nSPS) is 15.8. The number of carbonyl (C=O) groups excluding carboxylic acids is 1. The molecule has 220 valence electrons. The van der Waals surface area contributed by atoms with E-state index in [4.69, 9.17) is 4.74 Å². The minimum atomic E-state index is -4.80. The first-order chi connectivity index (χ1) is 19.8. The van der Waals surface area contributed by atoms with Gasteiger partial charge in [-0.05, 0) is 44.2 Å². The van der Waals surface area contributed by atoms with Crippen molar-refractivity contribution in [3.8, 4) is 17.0 Å². The molecule has 2 aromatic carbocycles. The minimum absolute atomic E-state index is 0.0329. The molecule has 13 heteroatoms. The summed E-state index contributed by atoms with van der Waals surface area (Å²) >= 11 is 0. The van der Waals surface area contributed by atoms with Gasteiger partial charge in [-0.15, -0.1) is 0 Å². The van der Waals surface area contributed by atoms with Gasteiger partial charge in [0, 0.05) is 54.1 Å². The molecule has 0 N–H and O–H groups in total. The minimum Gasteiger partial charge on any atom is -0.497 e. The van der Waals surface area contributed by atoms with Crippen molar-refractivity contribution in [2.24, 2.45) is 0 Å². The Morgan fingerprint density at radius 1 is 1.07 bits per heavy atom. The summed E-state index contributed by atoms with van der Waals surface area (Å²) in [5.74, 6) is -3.65. The summed E-state index contributed by atoms with van der Waals surface area (Å²) in [6.45, 7) is 7.09. The Balaban J connectivity index is 1.48. The summed E-state index contributed by atoms with van der Waals surface area (Å²) < 4.78 is 90.5. The summed E-state index contributed by atoms with van der Waals surface area (Å²) in [5, 5.41) is 3.89. The quantitative estimate of drug-likeness (QED) is 0.212. The summed E-state index contributed by atoms with van der Waals surface area (Å²) in [7, 11) is 1.47. The third-order valence-electron chi connectivity index (χ3n) is 7.32. The smallest absolute Gasteiger partial charge is 0.433 e. The van der Waals surface area contributed by atoms with E-state index in [1.54, 1.807) is 36.1 Å². The first-order valence-electron chi connectivity index (χ1n) is 12.8. The molecular weight excluding hydrogens is 564 g/mol. The van der Waals surface area contributed by atoms with E-state index in [0.717, 1.165) is 12.3 Å². The standard InChI is InChI=1S/C29H25F6N5O2/c1-15-14-38(17(3)21-11-19(30)12-23(31)24(21)32)9-10-39(15)28(41)22-13-36-40-26(29(33,34)35)16(2)25(37-27(22)40)18-5-7-20(42-4)8-6-18/h5-8,11-13,15H,3,9-10,14H2,1-2,4H3/t15-/m1/s1. The lowest BCUT2D eigenvalue weighted by Crippen LogP contribution is -2.53. The Morgan fingerprint density at radius 2 is 1.76 bits per heavy atom. The number of ether oxygens (including phenoxy) is 1. The van der Waals surface area contributed by atoms with Crippen molar-refractivity contribution < 1.29 is 35.9 Å². The first-order valence-corrected chi connectivity index (χ1v) is 12.8. The second kappa shape index (κ2) is 10.7. The van der Waals surface area contributed by atoms with Crippen molar-refractivity contribution in [2.75, 3.05) is 26.7 Å². The molecule has 2 aromatic heterocycles. The van der Waals surface area contributed by atoms with Gasteiger partial charge < -0.3 is 14.5 Å². The molecule has 0 spiro atoms. The Morgan fingerprint density at radius 3 is 2.38 bits per heavy atom. The van der Waals surface area contributed by atoms with E-state index in [0.29, 0.717) is 21.9 Å². The molecular formula is C29H25F6N5O2. The molecule has 1 aliphatic heterocycles. The lowest BCUT2D eigenvalue weighted by atomic mass is 10.0. The van der Waals surface area contributed by atoms with Crippen LogP contribution in [0.4, 0.5) is 26.3 Å². The van der Waals surface area contributed by atoms with Crippen LogP contribution in [0.5, 0.6) is 5.75 Å². The van der Waals surface area contributed by atoms with Gasteiger partial charge in [-0.25, -0.2) is 22.7 Å². The van der Waals surface area contributed by atoms with Gasteiger partial charge in [-0.2, -0.15) is 18.3 Å². The van der Waals surface area contributed by atoms with E-state index < -0.39 is 41.3 Å². The van der Waals surface area contributed by atoms with E-state index in [2.05, 4.69) is 16.7 Å². The predicted molar refractivity (Wildman–Crippen MR) is 142 cm³/mol. The number of amides is 1. The fraction of sp³-hybridized carbons (Fsp3) is 0.276. The Kier molecular flexibility index (Phi) is 7.37. The molecule has 0 saturated carbocycles. The van der Waals surface area contributed by atoms with Crippen molar-refractivity contribution >= 4 is 17.3 Å². The average molecular weight is 590 g/mol. The number of piperazine rings is 1. The summed E-state index contributed by atoms with van der Waals surface area (Å²) in [6.07, 6.45) is -3.75. The van der Waals surface area contributed by atoms with Crippen LogP contribution in [-0.4, -0.2) is 63.1 Å². The molecule has 0 radical (unpaired) electrons. The number of hydrogen-bond donors (Lipinski definition) is 0. The topological polar surface area (TPSA) is 63.0 Å². The lowest BCUT2D eigenvalue weighted by Gasteiger charge is -2.41. The zero-order chi connectivity index (χ0) is 30.5. The highest BCUT2D eigenvalue weighted by Crippen LogP contribution is 2.37. The first kappa shape index (κ1) is 29.0. The van der Waals surface area contributed by atoms with Gasteiger partial charge in [0.15, 0.2) is 23.0 Å². The number of benzene rings is 2. The molecule has 1 aliphatic rings. The third-order valence-corrected chi connectivity index (χ3v) is 7.32. The van der Waals surface area contributed by atoms with Gasteiger partial charge in [0.1, 0.15) is 17.1 Å². The highest BCUT2D eigenvalue weighted by molar-refractivity contribution is 6.00. The van der Waals surface area contributed by atoms with Gasteiger partial charge in [0.2, 0.25) is 0 Å². The van der Waals surface area contributed by atoms with Crippen molar-refractivity contribution in [3.63, 3.8) is 0 Å². The monoisotopic (exact) mass is 589 g/mol. The van der Waals surface area contributed by atoms with Crippen LogP contribution in [0, 0.1) is 24.4 Å². The SMILES string of the molecule is C=C(c1cc(F)cc(F)c1F)N1CCN(C(=O)c2cnn3c(C(F)(F)F)c(C)c(-c4ccc(OC)cc4)nc23)[C@H](C)C1. The van der Waals surface area contributed by atoms with Crippen LogP contribution in [-0.2, 0) is 6.18 Å². The van der Waals surface area contributed by atoms with Crippen molar-refractivity contribution in [3.05, 3.63) is 89.0 Å². The molecule has 5 rings (SSSR count). The third kappa shape index (κ3) is 5.03. The van der Waals surface area contributed by atoms with Crippen LogP contribution >= 0.6 is 0 Å². The molecule has 1 fully saturated rings. The van der Waals surface area contributed by atoms with Crippen LogP contribution in [0.2, 0.25) is 0 Å². The highest BCUT2D eigenvalue weighted by atomic mass is 19.4. The lowest BCUT2D eigenvalue weighted by molar-refractivity contribution is -0.143. The van der Waals surface area contributed by atoms with Crippen molar-refractivity contribution in [1.29, 1.82) is 0 Å². The zero-order valence-electron chi connectivity index (χ0n) is 22.8. The molecule has 42 heavy (non-hydrogen) atoms. The number of aromatic nitrogens is 3. The molecule has 0 unspecified atom stereocenters. The zero-order valence-corrected chi connectivity index (χ0v) is 22.8. The van der Waals surface area contributed by atoms with E-state index in [-0.39, 0.29) is 53.4 Å². The number of halogens is 6. The van der Waals surface area contributed by atoms with E-state index in [1.165, 1.54) is 18.9 Å². The number of nitrogens with zero attached hydrogens (tertiary/aromatic N) is 5. The fourth-order valence-electron chi connectivity index (χ4n) is 5.18. The second-order valence-electron chi connectivity index (χ2n) is 9.94. The maximum atomic E-state index is 14.4. The van der Waals surface area contributed by atoms with E-state index >= 15 is 0 Å². The van der Waals surface area contributed by atoms with Crippen molar-refractivity contribution in [2.45, 2.75) is 26.1 Å².